The zero-order chi connectivity index (χ0) is 30.6. The maximum Gasteiger partial charge on any atom is 0.343 e. The number of aromatic nitrogens is 2. The van der Waals surface area contributed by atoms with Crippen LogP contribution in [-0.4, -0.2) is 69.3 Å². The largest absolute Gasteiger partial charge is 0.458 e. The number of aliphatic hydroxyl groups is 2. The van der Waals surface area contributed by atoms with Gasteiger partial charge in [0, 0.05) is 55.2 Å². The summed E-state index contributed by atoms with van der Waals surface area (Å²) in [5.41, 5.74) is 8.01. The number of hydrogen-bond acceptors (Lipinski definition) is 9. The Morgan fingerprint density at radius 2 is 2.05 bits per heavy atom. The van der Waals surface area contributed by atoms with Crippen molar-refractivity contribution >= 4 is 22.8 Å². The number of rotatable bonds is 9. The SMILES string of the molecule is CC[C@@]1(O)C(=O)OCc2c1cc1n(c2=O)Cc2c-1nc1cc(F)c(C)c3c1c2[C@@H](NC(=O)CCN(CCN)CCO)CC3. The monoisotopic (exact) mass is 593 g/mol. The number of benzene rings is 1. The number of nitrogens with two attached hydrogens (primary N) is 1. The molecule has 0 saturated carbocycles. The number of carbonyl (C=O) groups excluding carboxylic acids is 2. The van der Waals surface area contributed by atoms with Gasteiger partial charge in [-0.25, -0.2) is 14.2 Å². The van der Waals surface area contributed by atoms with Gasteiger partial charge in [0.2, 0.25) is 5.91 Å². The number of halogens is 1. The summed E-state index contributed by atoms with van der Waals surface area (Å²) in [6.45, 7) is 5.13. The van der Waals surface area contributed by atoms with Crippen LogP contribution in [-0.2, 0) is 39.5 Å². The number of nitrogens with zero attached hydrogens (tertiary/aromatic N) is 3. The molecule has 0 bridgehead atoms. The van der Waals surface area contributed by atoms with Crippen molar-refractivity contribution < 1.29 is 28.9 Å². The van der Waals surface area contributed by atoms with Crippen molar-refractivity contribution in [1.29, 1.82) is 0 Å². The van der Waals surface area contributed by atoms with Crippen LogP contribution >= 0.6 is 0 Å². The lowest BCUT2D eigenvalue weighted by atomic mass is 9.81. The molecule has 2 aliphatic heterocycles. The molecule has 3 aromatic rings. The summed E-state index contributed by atoms with van der Waals surface area (Å²) in [5, 5.41) is 24.5. The van der Waals surface area contributed by atoms with E-state index in [9.17, 15) is 24.6 Å². The Kier molecular flexibility index (Phi) is 7.57. The van der Waals surface area contributed by atoms with Crippen LogP contribution in [0.3, 0.4) is 0 Å². The van der Waals surface area contributed by atoms with Crippen molar-refractivity contribution in [3.63, 3.8) is 0 Å². The molecular weight excluding hydrogens is 557 g/mol. The van der Waals surface area contributed by atoms with Crippen molar-refractivity contribution in [3.05, 3.63) is 61.7 Å². The molecule has 5 N–H and O–H groups in total. The van der Waals surface area contributed by atoms with E-state index in [-0.39, 0.29) is 61.0 Å². The van der Waals surface area contributed by atoms with E-state index in [0.29, 0.717) is 61.5 Å². The molecule has 43 heavy (non-hydrogen) atoms. The molecule has 0 saturated heterocycles. The van der Waals surface area contributed by atoms with Gasteiger partial charge in [-0.3, -0.25) is 14.5 Å². The Hall–Kier alpha value is -3.71. The highest BCUT2D eigenvalue weighted by molar-refractivity contribution is 5.94. The first-order chi connectivity index (χ1) is 20.6. The molecule has 0 fully saturated rings. The third kappa shape index (κ3) is 4.64. The van der Waals surface area contributed by atoms with Gasteiger partial charge >= 0.3 is 5.97 Å². The number of hydrogen-bond donors (Lipinski definition) is 4. The van der Waals surface area contributed by atoms with Gasteiger partial charge < -0.3 is 30.6 Å². The fourth-order valence-corrected chi connectivity index (χ4v) is 6.88. The Labute approximate surface area is 247 Å². The van der Waals surface area contributed by atoms with Crippen LogP contribution in [0.2, 0.25) is 0 Å². The molecule has 1 aliphatic carbocycles. The lowest BCUT2D eigenvalue weighted by molar-refractivity contribution is -0.172. The third-order valence-corrected chi connectivity index (χ3v) is 9.23. The summed E-state index contributed by atoms with van der Waals surface area (Å²) in [5.74, 6) is -1.35. The Bertz CT molecular complexity index is 1720. The van der Waals surface area contributed by atoms with Gasteiger partial charge in [-0.1, -0.05) is 6.92 Å². The number of esters is 1. The smallest absolute Gasteiger partial charge is 0.343 e. The highest BCUT2D eigenvalue weighted by Crippen LogP contribution is 2.45. The number of aryl methyl sites for hydroxylation is 1. The van der Waals surface area contributed by atoms with E-state index in [1.807, 2.05) is 4.90 Å². The molecule has 0 unspecified atom stereocenters. The van der Waals surface area contributed by atoms with Crippen LogP contribution < -0.4 is 16.6 Å². The van der Waals surface area contributed by atoms with E-state index in [1.54, 1.807) is 24.5 Å². The lowest BCUT2D eigenvalue weighted by Crippen LogP contribution is -2.44. The predicted molar refractivity (Wildman–Crippen MR) is 156 cm³/mol. The van der Waals surface area contributed by atoms with E-state index in [1.165, 1.54) is 6.07 Å². The van der Waals surface area contributed by atoms with Gasteiger partial charge in [0.05, 0.1) is 41.7 Å². The van der Waals surface area contributed by atoms with Gasteiger partial charge in [-0.2, -0.15) is 0 Å². The van der Waals surface area contributed by atoms with Crippen LogP contribution in [0.4, 0.5) is 4.39 Å². The van der Waals surface area contributed by atoms with Crippen molar-refractivity contribution in [3.8, 4) is 11.4 Å². The molecule has 12 heteroatoms. The summed E-state index contributed by atoms with van der Waals surface area (Å²) in [7, 11) is 0. The highest BCUT2D eigenvalue weighted by Gasteiger charge is 2.46. The molecule has 3 aliphatic rings. The molecule has 0 spiro atoms. The second kappa shape index (κ2) is 11.1. The maximum atomic E-state index is 15.1. The average Bonchev–Trinajstić information content (AvgIpc) is 3.36. The van der Waals surface area contributed by atoms with Crippen molar-refractivity contribution in [2.24, 2.45) is 5.73 Å². The normalized spacial score (nSPS) is 20.2. The molecule has 6 rings (SSSR count). The average molecular weight is 594 g/mol. The molecule has 4 heterocycles. The van der Waals surface area contributed by atoms with Crippen molar-refractivity contribution in [2.75, 3.05) is 32.8 Å². The van der Waals surface area contributed by atoms with Crippen molar-refractivity contribution in [2.45, 2.75) is 64.3 Å². The minimum Gasteiger partial charge on any atom is -0.458 e. The van der Waals surface area contributed by atoms with Crippen LogP contribution in [0.1, 0.15) is 65.6 Å². The molecule has 228 valence electrons. The first-order valence-corrected chi connectivity index (χ1v) is 14.8. The fraction of sp³-hybridized carbons (Fsp3) is 0.484. The first kappa shape index (κ1) is 29.4. The lowest BCUT2D eigenvalue weighted by Gasteiger charge is -2.31. The third-order valence-electron chi connectivity index (χ3n) is 9.23. The fourth-order valence-electron chi connectivity index (χ4n) is 6.88. The van der Waals surface area contributed by atoms with Crippen LogP contribution in [0.5, 0.6) is 0 Å². The Balaban J connectivity index is 1.46. The second-order valence-electron chi connectivity index (χ2n) is 11.6. The van der Waals surface area contributed by atoms with E-state index >= 15 is 4.39 Å². The van der Waals surface area contributed by atoms with E-state index < -0.39 is 17.6 Å². The molecule has 1 aromatic carbocycles. The highest BCUT2D eigenvalue weighted by atomic mass is 19.1. The molecular formula is C31H36FN5O6. The van der Waals surface area contributed by atoms with Crippen molar-refractivity contribution in [1.82, 2.24) is 19.8 Å². The van der Waals surface area contributed by atoms with Gasteiger partial charge in [0.1, 0.15) is 12.4 Å². The Morgan fingerprint density at radius 1 is 1.26 bits per heavy atom. The predicted octanol–water partition coefficient (Wildman–Crippen LogP) is 1.27. The van der Waals surface area contributed by atoms with Gasteiger partial charge in [-0.15, -0.1) is 0 Å². The van der Waals surface area contributed by atoms with E-state index in [4.69, 9.17) is 15.5 Å². The number of pyridine rings is 2. The van der Waals surface area contributed by atoms with E-state index in [0.717, 1.165) is 22.1 Å². The number of aliphatic hydroxyl groups excluding tert-OH is 1. The minimum atomic E-state index is -1.96. The summed E-state index contributed by atoms with van der Waals surface area (Å²) < 4.78 is 21.8. The zero-order valence-electron chi connectivity index (χ0n) is 24.3. The van der Waals surface area contributed by atoms with E-state index in [2.05, 4.69) is 5.32 Å². The molecule has 1 amide bonds. The zero-order valence-corrected chi connectivity index (χ0v) is 24.3. The summed E-state index contributed by atoms with van der Waals surface area (Å²) in [4.78, 5) is 46.3. The topological polar surface area (TPSA) is 160 Å². The maximum absolute atomic E-state index is 15.1. The van der Waals surface area contributed by atoms with Crippen LogP contribution in [0.25, 0.3) is 22.3 Å². The molecule has 11 nitrogen and oxygen atoms in total. The van der Waals surface area contributed by atoms with Crippen LogP contribution in [0.15, 0.2) is 16.9 Å². The molecule has 0 radical (unpaired) electrons. The number of cyclic esters (lactones) is 1. The van der Waals surface area contributed by atoms with Crippen LogP contribution in [0, 0.1) is 12.7 Å². The molecule has 2 atom stereocenters. The summed E-state index contributed by atoms with van der Waals surface area (Å²) >= 11 is 0. The summed E-state index contributed by atoms with van der Waals surface area (Å²) in [6.07, 6.45) is 1.32. The number of amides is 1. The number of fused-ring (bicyclic) bond motifs is 5. The second-order valence-corrected chi connectivity index (χ2v) is 11.6. The Morgan fingerprint density at radius 3 is 2.77 bits per heavy atom. The first-order valence-electron chi connectivity index (χ1n) is 14.8. The quantitative estimate of drug-likeness (QED) is 0.210. The number of ether oxygens (including phenoxy) is 1. The number of nitrogens with one attached hydrogen (secondary N) is 1. The van der Waals surface area contributed by atoms with Gasteiger partial charge in [0.15, 0.2) is 5.60 Å². The summed E-state index contributed by atoms with van der Waals surface area (Å²) in [6, 6.07) is 2.62. The standard InChI is InChI=1S/C31H36FN5O6/c1-3-31(42)20-12-24-28-18(14-37(24)29(40)19(20)15-43-30(31)41)27-22(34-25(39)6-8-36(9-7-33)10-11-38)5-4-17-16(2)21(32)13-23(35-28)26(17)27/h12-13,22,38,42H,3-11,14-15,33H2,1-2H3,(H,34,39)/t22-,31-/m0/s1. The van der Waals surface area contributed by atoms with Gasteiger partial charge in [0.25, 0.3) is 5.56 Å². The number of carbonyl (C=O) groups is 2. The van der Waals surface area contributed by atoms with Gasteiger partial charge in [-0.05, 0) is 48.9 Å². The molecule has 2 aromatic heterocycles. The minimum absolute atomic E-state index is 0.0218.